The molecule has 0 amide bonds. The van der Waals surface area contributed by atoms with E-state index >= 15 is 0 Å². The van der Waals surface area contributed by atoms with Crippen molar-refractivity contribution < 1.29 is 28.5 Å². The third-order valence-corrected chi connectivity index (χ3v) is 6.01. The molecule has 0 saturated heterocycles. The van der Waals surface area contributed by atoms with E-state index in [0.29, 0.717) is 60.0 Å². The molecule has 7 nitrogen and oxygen atoms in total. The first kappa shape index (κ1) is 24.8. The molecule has 2 aliphatic rings. The van der Waals surface area contributed by atoms with Crippen LogP contribution in [0.2, 0.25) is 0 Å². The number of benzene rings is 1. The molecule has 1 unspecified atom stereocenters. The van der Waals surface area contributed by atoms with Gasteiger partial charge in [-0.25, -0.2) is 4.79 Å². The quantitative estimate of drug-likeness (QED) is 0.438. The van der Waals surface area contributed by atoms with Crippen molar-refractivity contribution in [1.82, 2.24) is 5.32 Å². The van der Waals surface area contributed by atoms with Crippen molar-refractivity contribution in [1.29, 1.82) is 0 Å². The average Bonchev–Trinajstić information content (AvgIpc) is 2.76. The summed E-state index contributed by atoms with van der Waals surface area (Å²) < 4.78 is 22.2. The van der Waals surface area contributed by atoms with Crippen LogP contribution in [0.15, 0.2) is 40.7 Å². The zero-order valence-electron chi connectivity index (χ0n) is 20.5. The Labute approximate surface area is 196 Å². The third-order valence-electron chi connectivity index (χ3n) is 6.01. The molecule has 1 aliphatic carbocycles. The Kier molecular flexibility index (Phi) is 7.84. The Balaban J connectivity index is 2.08. The van der Waals surface area contributed by atoms with Crippen molar-refractivity contribution in [2.75, 3.05) is 34.0 Å². The predicted molar refractivity (Wildman–Crippen MR) is 125 cm³/mol. The van der Waals surface area contributed by atoms with E-state index in [9.17, 15) is 9.59 Å². The second-order valence-electron chi connectivity index (χ2n) is 9.26. The summed E-state index contributed by atoms with van der Waals surface area (Å²) in [6.07, 6.45) is 2.01. The van der Waals surface area contributed by atoms with Crippen molar-refractivity contribution >= 4 is 11.8 Å². The van der Waals surface area contributed by atoms with Crippen LogP contribution in [0.4, 0.5) is 0 Å². The minimum absolute atomic E-state index is 0.0210. The van der Waals surface area contributed by atoms with Gasteiger partial charge in [0.2, 0.25) is 0 Å². The maximum absolute atomic E-state index is 13.4. The highest BCUT2D eigenvalue weighted by Crippen LogP contribution is 2.50. The van der Waals surface area contributed by atoms with Crippen LogP contribution in [0, 0.1) is 5.41 Å². The molecule has 0 bridgehead atoms. The summed E-state index contributed by atoms with van der Waals surface area (Å²) in [4.78, 5) is 26.7. The van der Waals surface area contributed by atoms with E-state index in [-0.39, 0.29) is 17.8 Å². The Morgan fingerprint density at radius 2 is 1.88 bits per heavy atom. The molecule has 3 rings (SSSR count). The minimum atomic E-state index is -0.612. The Morgan fingerprint density at radius 1 is 1.12 bits per heavy atom. The first-order valence-electron chi connectivity index (χ1n) is 11.4. The average molecular weight is 458 g/mol. The van der Waals surface area contributed by atoms with Crippen LogP contribution >= 0.6 is 0 Å². The molecule has 33 heavy (non-hydrogen) atoms. The topological polar surface area (TPSA) is 83.1 Å². The van der Waals surface area contributed by atoms with E-state index in [4.69, 9.17) is 18.9 Å². The molecule has 180 valence electrons. The van der Waals surface area contributed by atoms with Crippen LogP contribution in [0.25, 0.3) is 0 Å². The van der Waals surface area contributed by atoms with E-state index < -0.39 is 11.9 Å². The first-order chi connectivity index (χ1) is 15.7. The smallest absolute Gasteiger partial charge is 0.336 e. The van der Waals surface area contributed by atoms with Gasteiger partial charge in [-0.1, -0.05) is 32.9 Å². The zero-order chi connectivity index (χ0) is 24.2. The maximum Gasteiger partial charge on any atom is 0.336 e. The lowest BCUT2D eigenvalue weighted by atomic mass is 9.68. The third kappa shape index (κ3) is 5.24. The highest BCUT2D eigenvalue weighted by atomic mass is 16.6. The number of Topliss-reactive ketones (excluding diaryl/α,β-unsaturated/α-hetero) is 1. The predicted octanol–water partition coefficient (Wildman–Crippen LogP) is 4.28. The summed E-state index contributed by atoms with van der Waals surface area (Å²) in [5, 5.41) is 3.35. The molecule has 0 fully saturated rings. The van der Waals surface area contributed by atoms with E-state index in [0.717, 1.165) is 12.1 Å². The van der Waals surface area contributed by atoms with Crippen LogP contribution < -0.4 is 14.8 Å². The van der Waals surface area contributed by atoms with Gasteiger partial charge in [-0.15, -0.1) is 0 Å². The largest absolute Gasteiger partial charge is 0.493 e. The van der Waals surface area contributed by atoms with Crippen LogP contribution in [-0.2, 0) is 19.1 Å². The second-order valence-corrected chi connectivity index (χ2v) is 9.26. The molecular weight excluding hydrogens is 422 g/mol. The van der Waals surface area contributed by atoms with Gasteiger partial charge in [-0.3, -0.25) is 4.79 Å². The highest BCUT2D eigenvalue weighted by Gasteiger charge is 2.44. The van der Waals surface area contributed by atoms with Crippen molar-refractivity contribution in [3.8, 4) is 11.5 Å². The SMILES string of the molecule is CCCOCCOC(=O)C1=C(C)NC2=C(C(=O)CC(C)(C)C2)C1c1cccc(OC)c1OC. The number of carbonyl (C=O) groups excluding carboxylic acids is 2. The molecule has 1 aliphatic heterocycles. The van der Waals surface area contributed by atoms with Gasteiger partial charge in [0.1, 0.15) is 6.61 Å². The number of ketones is 1. The lowest BCUT2D eigenvalue weighted by molar-refractivity contribution is -0.141. The molecule has 1 aromatic rings. The number of hydrogen-bond donors (Lipinski definition) is 1. The summed E-state index contributed by atoms with van der Waals surface area (Å²) in [5.41, 5.74) is 3.07. The van der Waals surface area contributed by atoms with Gasteiger partial charge in [-0.05, 0) is 31.2 Å². The van der Waals surface area contributed by atoms with Crippen molar-refractivity contribution in [2.45, 2.75) is 52.9 Å². The number of allylic oxidation sites excluding steroid dienone is 3. The Bertz CT molecular complexity index is 975. The fourth-order valence-corrected chi connectivity index (χ4v) is 4.67. The number of dihydropyridines is 1. The number of hydrogen-bond acceptors (Lipinski definition) is 7. The molecule has 0 radical (unpaired) electrons. The number of methoxy groups -OCH3 is 2. The summed E-state index contributed by atoms with van der Waals surface area (Å²) >= 11 is 0. The summed E-state index contributed by atoms with van der Waals surface area (Å²) in [6, 6.07) is 5.51. The lowest BCUT2D eigenvalue weighted by Crippen LogP contribution is -2.39. The molecule has 1 aromatic carbocycles. The maximum atomic E-state index is 13.4. The molecule has 0 aromatic heterocycles. The van der Waals surface area contributed by atoms with E-state index in [1.54, 1.807) is 20.3 Å². The van der Waals surface area contributed by atoms with E-state index in [1.807, 2.05) is 26.0 Å². The molecule has 0 spiro atoms. The van der Waals surface area contributed by atoms with Gasteiger partial charge < -0.3 is 24.3 Å². The zero-order valence-corrected chi connectivity index (χ0v) is 20.5. The monoisotopic (exact) mass is 457 g/mol. The summed E-state index contributed by atoms with van der Waals surface area (Å²) in [7, 11) is 3.12. The van der Waals surface area contributed by atoms with Gasteiger partial charge in [0, 0.05) is 35.6 Å². The summed E-state index contributed by atoms with van der Waals surface area (Å²) in [6.45, 7) is 9.11. The fraction of sp³-hybridized carbons (Fsp3) is 0.538. The molecule has 7 heteroatoms. The molecule has 0 saturated carbocycles. The number of carbonyl (C=O) groups is 2. The van der Waals surface area contributed by atoms with Crippen LogP contribution in [0.1, 0.15) is 58.4 Å². The van der Waals surface area contributed by atoms with Gasteiger partial charge in [0.15, 0.2) is 17.3 Å². The minimum Gasteiger partial charge on any atom is -0.493 e. The molecular formula is C26H35NO6. The first-order valence-corrected chi connectivity index (χ1v) is 11.4. The van der Waals surface area contributed by atoms with Crippen LogP contribution in [0.5, 0.6) is 11.5 Å². The van der Waals surface area contributed by atoms with Crippen LogP contribution in [-0.4, -0.2) is 45.8 Å². The molecule has 1 atom stereocenters. The van der Waals surface area contributed by atoms with E-state index in [2.05, 4.69) is 19.2 Å². The second kappa shape index (κ2) is 10.4. The lowest BCUT2D eigenvalue weighted by Gasteiger charge is -2.39. The standard InChI is InChI=1S/C26H35NO6/c1-7-11-32-12-13-33-25(29)21-16(2)27-18-14-26(3,4)15-19(28)23(18)22(21)17-9-8-10-20(30-5)24(17)31-6/h8-10,22,27H,7,11-15H2,1-6H3. The Hall–Kier alpha value is -2.80. The van der Waals surface area contributed by atoms with E-state index in [1.165, 1.54) is 0 Å². The summed E-state index contributed by atoms with van der Waals surface area (Å²) in [5.74, 6) is -0.0239. The van der Waals surface area contributed by atoms with Crippen molar-refractivity contribution in [3.63, 3.8) is 0 Å². The van der Waals surface area contributed by atoms with Gasteiger partial charge in [-0.2, -0.15) is 0 Å². The van der Waals surface area contributed by atoms with Gasteiger partial charge >= 0.3 is 5.97 Å². The van der Waals surface area contributed by atoms with Gasteiger partial charge in [0.05, 0.1) is 32.3 Å². The van der Waals surface area contributed by atoms with Crippen molar-refractivity contribution in [3.05, 3.63) is 46.3 Å². The molecule has 1 N–H and O–H groups in total. The van der Waals surface area contributed by atoms with Crippen LogP contribution in [0.3, 0.4) is 0 Å². The Morgan fingerprint density at radius 3 is 2.55 bits per heavy atom. The highest BCUT2D eigenvalue weighted by molar-refractivity contribution is 6.04. The number of esters is 1. The number of nitrogens with one attached hydrogen (secondary N) is 1. The van der Waals surface area contributed by atoms with Gasteiger partial charge in [0.25, 0.3) is 0 Å². The fourth-order valence-electron chi connectivity index (χ4n) is 4.67. The number of ether oxygens (including phenoxy) is 4. The number of para-hydroxylation sites is 1. The number of rotatable bonds is 9. The molecule has 1 heterocycles. The van der Waals surface area contributed by atoms with Crippen molar-refractivity contribution in [2.24, 2.45) is 5.41 Å². The normalized spacial score (nSPS) is 19.7.